The fraction of sp³-hybridized carbons (Fsp3) is 0.409. The largest absolute Gasteiger partial charge is 0.508 e. The number of carbonyl (C=O) groups is 1. The molecule has 0 bridgehead atoms. The monoisotopic (exact) mass is 416 g/mol. The van der Waals surface area contributed by atoms with Crippen molar-refractivity contribution in [2.45, 2.75) is 49.6 Å². The molecular formula is C22H28N2O4S. The first-order valence-electron chi connectivity index (χ1n) is 10.0. The van der Waals surface area contributed by atoms with E-state index in [0.717, 1.165) is 18.5 Å². The number of carbonyl (C=O) groups excluding carboxylic acids is 1. The van der Waals surface area contributed by atoms with Crippen molar-refractivity contribution < 1.29 is 18.3 Å². The summed E-state index contributed by atoms with van der Waals surface area (Å²) in [5.74, 6) is 0.219. The number of sulfone groups is 1. The van der Waals surface area contributed by atoms with Crippen molar-refractivity contribution in [3.05, 3.63) is 59.7 Å². The van der Waals surface area contributed by atoms with Gasteiger partial charge in [-0.2, -0.15) is 0 Å². The first-order chi connectivity index (χ1) is 13.9. The molecule has 29 heavy (non-hydrogen) atoms. The van der Waals surface area contributed by atoms with Crippen molar-refractivity contribution in [3.8, 4) is 5.75 Å². The number of likely N-dealkylation sites (N-methyl/N-ethyl adjacent to an activating group) is 1. The highest BCUT2D eigenvalue weighted by atomic mass is 32.2. The van der Waals surface area contributed by atoms with E-state index in [4.69, 9.17) is 0 Å². The second-order valence-electron chi connectivity index (χ2n) is 7.43. The lowest BCUT2D eigenvalue weighted by Crippen LogP contribution is -2.36. The maximum absolute atomic E-state index is 12.6. The topological polar surface area (TPSA) is 95.5 Å². The summed E-state index contributed by atoms with van der Waals surface area (Å²) in [6.07, 6.45) is 2.20. The first-order valence-corrected chi connectivity index (χ1v) is 11.7. The summed E-state index contributed by atoms with van der Waals surface area (Å²) in [4.78, 5) is 12.9. The van der Waals surface area contributed by atoms with Crippen LogP contribution in [0.2, 0.25) is 0 Å². The highest BCUT2D eigenvalue weighted by Crippen LogP contribution is 2.31. The van der Waals surface area contributed by atoms with E-state index in [0.29, 0.717) is 29.7 Å². The Morgan fingerprint density at radius 3 is 2.62 bits per heavy atom. The van der Waals surface area contributed by atoms with Gasteiger partial charge in [-0.05, 0) is 55.1 Å². The van der Waals surface area contributed by atoms with Gasteiger partial charge in [-0.15, -0.1) is 0 Å². The average Bonchev–Trinajstić information content (AvgIpc) is 2.70. The predicted molar refractivity (Wildman–Crippen MR) is 113 cm³/mol. The minimum atomic E-state index is -3.26. The number of phenols is 1. The number of phenolic OH excluding ortho intramolecular Hbond substituents is 1. The number of hydrogen-bond acceptors (Lipinski definition) is 5. The number of fused-ring (bicyclic) bond motifs is 1. The molecule has 7 heteroatoms. The van der Waals surface area contributed by atoms with Crippen molar-refractivity contribution in [2.24, 2.45) is 0 Å². The lowest BCUT2D eigenvalue weighted by Gasteiger charge is -2.26. The van der Waals surface area contributed by atoms with Crippen LogP contribution in [0.5, 0.6) is 5.75 Å². The normalized spacial score (nSPS) is 18.6. The first kappa shape index (κ1) is 21.3. The van der Waals surface area contributed by atoms with Crippen LogP contribution in [0.1, 0.15) is 43.4 Å². The Morgan fingerprint density at radius 1 is 1.17 bits per heavy atom. The summed E-state index contributed by atoms with van der Waals surface area (Å²) >= 11 is 0. The molecule has 1 heterocycles. The Balaban J connectivity index is 1.59. The van der Waals surface area contributed by atoms with Crippen molar-refractivity contribution in [3.63, 3.8) is 0 Å². The zero-order chi connectivity index (χ0) is 20.9. The third-order valence-electron chi connectivity index (χ3n) is 5.27. The van der Waals surface area contributed by atoms with E-state index in [-0.39, 0.29) is 29.5 Å². The number of aromatic hydroxyl groups is 1. The molecule has 0 saturated carbocycles. The van der Waals surface area contributed by atoms with Crippen molar-refractivity contribution >= 4 is 15.7 Å². The molecule has 1 aliphatic rings. The molecule has 0 fully saturated rings. The Bertz CT molecular complexity index is 942. The molecule has 0 aliphatic carbocycles. The molecule has 0 spiro atoms. The summed E-state index contributed by atoms with van der Waals surface area (Å²) < 4.78 is 24.5. The van der Waals surface area contributed by atoms with Crippen LogP contribution >= 0.6 is 0 Å². The van der Waals surface area contributed by atoms with Crippen LogP contribution in [-0.2, 0) is 21.1 Å². The van der Waals surface area contributed by atoms with Gasteiger partial charge in [-0.3, -0.25) is 4.79 Å². The maximum Gasteiger partial charge on any atom is 0.220 e. The fourth-order valence-electron chi connectivity index (χ4n) is 3.79. The molecule has 3 N–H and O–H groups in total. The molecular weight excluding hydrogens is 388 g/mol. The Labute approximate surface area is 172 Å². The van der Waals surface area contributed by atoms with E-state index < -0.39 is 9.84 Å². The third kappa shape index (κ3) is 5.58. The molecule has 1 aliphatic heterocycles. The fourth-order valence-corrected chi connectivity index (χ4v) is 5.41. The van der Waals surface area contributed by atoms with Crippen LogP contribution in [0.25, 0.3) is 0 Å². The summed E-state index contributed by atoms with van der Waals surface area (Å²) in [5.41, 5.74) is 1.78. The minimum Gasteiger partial charge on any atom is -0.508 e. The molecule has 2 unspecified atom stereocenters. The summed E-state index contributed by atoms with van der Waals surface area (Å²) in [5, 5.41) is 15.8. The number of benzene rings is 2. The molecule has 2 atom stereocenters. The van der Waals surface area contributed by atoms with Gasteiger partial charge in [0.1, 0.15) is 5.75 Å². The van der Waals surface area contributed by atoms with E-state index in [2.05, 4.69) is 10.6 Å². The van der Waals surface area contributed by atoms with E-state index in [1.54, 1.807) is 36.4 Å². The Hall–Kier alpha value is -2.38. The van der Waals surface area contributed by atoms with Crippen molar-refractivity contribution in [2.75, 3.05) is 12.3 Å². The zero-order valence-electron chi connectivity index (χ0n) is 16.6. The van der Waals surface area contributed by atoms with Crippen LogP contribution in [-0.4, -0.2) is 37.8 Å². The predicted octanol–water partition coefficient (Wildman–Crippen LogP) is 2.73. The van der Waals surface area contributed by atoms with Gasteiger partial charge >= 0.3 is 0 Å². The third-order valence-corrected chi connectivity index (χ3v) is 7.09. The SMILES string of the molecule is CCNC(CCC(=O)NC1CCS(=O)(=O)c2ccccc21)Cc1ccc(O)cc1. The van der Waals surface area contributed by atoms with E-state index in [1.165, 1.54) is 0 Å². The average molecular weight is 417 g/mol. The molecule has 0 aromatic heterocycles. The number of amides is 1. The van der Waals surface area contributed by atoms with Crippen LogP contribution in [0.3, 0.4) is 0 Å². The van der Waals surface area contributed by atoms with Gasteiger partial charge in [0, 0.05) is 12.5 Å². The Kier molecular flexibility index (Phi) is 6.92. The molecule has 0 radical (unpaired) electrons. The molecule has 3 rings (SSSR count). The van der Waals surface area contributed by atoms with Gasteiger partial charge < -0.3 is 15.7 Å². The van der Waals surface area contributed by atoms with Crippen molar-refractivity contribution in [1.82, 2.24) is 10.6 Å². The van der Waals surface area contributed by atoms with Crippen LogP contribution in [0, 0.1) is 0 Å². The number of hydrogen-bond donors (Lipinski definition) is 3. The second kappa shape index (κ2) is 9.41. The highest BCUT2D eigenvalue weighted by Gasteiger charge is 2.30. The van der Waals surface area contributed by atoms with Gasteiger partial charge in [0.25, 0.3) is 0 Å². The lowest BCUT2D eigenvalue weighted by atomic mass is 10.0. The van der Waals surface area contributed by atoms with E-state index in [1.807, 2.05) is 19.1 Å². The second-order valence-corrected chi connectivity index (χ2v) is 9.51. The summed E-state index contributed by atoms with van der Waals surface area (Å²) in [6.45, 7) is 2.83. The minimum absolute atomic E-state index is 0.0514. The van der Waals surface area contributed by atoms with E-state index >= 15 is 0 Å². The van der Waals surface area contributed by atoms with Crippen LogP contribution < -0.4 is 10.6 Å². The van der Waals surface area contributed by atoms with Gasteiger partial charge in [0.05, 0.1) is 16.7 Å². The lowest BCUT2D eigenvalue weighted by molar-refractivity contribution is -0.122. The van der Waals surface area contributed by atoms with Gasteiger partial charge in [-0.25, -0.2) is 8.42 Å². The van der Waals surface area contributed by atoms with Gasteiger partial charge in [0.15, 0.2) is 9.84 Å². The number of nitrogens with one attached hydrogen (secondary N) is 2. The molecule has 6 nitrogen and oxygen atoms in total. The summed E-state index contributed by atoms with van der Waals surface area (Å²) in [7, 11) is -3.26. The molecule has 1 amide bonds. The van der Waals surface area contributed by atoms with Crippen LogP contribution in [0.4, 0.5) is 0 Å². The Morgan fingerprint density at radius 2 is 1.90 bits per heavy atom. The van der Waals surface area contributed by atoms with E-state index in [9.17, 15) is 18.3 Å². The number of rotatable bonds is 8. The highest BCUT2D eigenvalue weighted by molar-refractivity contribution is 7.91. The van der Waals surface area contributed by atoms with Crippen molar-refractivity contribution in [1.29, 1.82) is 0 Å². The summed E-state index contributed by atoms with van der Waals surface area (Å²) in [6, 6.07) is 13.9. The molecule has 2 aromatic rings. The molecule has 2 aromatic carbocycles. The standard InChI is InChI=1S/C22H28N2O4S/c1-2-23-17(15-16-7-10-18(25)11-8-16)9-12-22(26)24-20-13-14-29(27,28)21-6-4-3-5-19(20)21/h3-8,10-11,17,20,23,25H,2,9,12-15H2,1H3,(H,24,26). The smallest absolute Gasteiger partial charge is 0.220 e. The van der Waals surface area contributed by atoms with Gasteiger partial charge in [0.2, 0.25) is 5.91 Å². The van der Waals surface area contributed by atoms with Gasteiger partial charge in [-0.1, -0.05) is 37.3 Å². The van der Waals surface area contributed by atoms with Crippen LogP contribution in [0.15, 0.2) is 53.4 Å². The molecule has 0 saturated heterocycles. The quantitative estimate of drug-likeness (QED) is 0.615. The zero-order valence-corrected chi connectivity index (χ0v) is 17.4. The molecule has 156 valence electrons. The maximum atomic E-state index is 12.6.